The van der Waals surface area contributed by atoms with Gasteiger partial charge >= 0.3 is 7.60 Å². The molecular formula is C19H18NO3P. The maximum Gasteiger partial charge on any atom is 0.329 e. The fraction of sp³-hybridized carbons (Fsp3) is 0.0526. The molecule has 3 aromatic rings. The van der Waals surface area contributed by atoms with Crippen molar-refractivity contribution in [2.24, 2.45) is 0 Å². The number of nitrogens with zero attached hydrogens (tertiary/aromatic N) is 1. The van der Waals surface area contributed by atoms with Crippen molar-refractivity contribution in [2.45, 2.75) is 6.16 Å². The van der Waals surface area contributed by atoms with Gasteiger partial charge in [0.25, 0.3) is 0 Å². The maximum atomic E-state index is 11.1. The van der Waals surface area contributed by atoms with Crippen molar-refractivity contribution in [3.63, 3.8) is 0 Å². The van der Waals surface area contributed by atoms with Gasteiger partial charge in [0, 0.05) is 17.1 Å². The van der Waals surface area contributed by atoms with E-state index in [9.17, 15) is 4.57 Å². The molecule has 3 rings (SSSR count). The Balaban J connectivity index is 1.99. The smallest absolute Gasteiger partial charge is 0.324 e. The van der Waals surface area contributed by atoms with Crippen LogP contribution in [0.5, 0.6) is 0 Å². The normalized spacial score (nSPS) is 11.2. The Morgan fingerprint density at radius 2 is 1.08 bits per heavy atom. The van der Waals surface area contributed by atoms with E-state index in [4.69, 9.17) is 9.79 Å². The lowest BCUT2D eigenvalue weighted by atomic mass is 10.1. The topological polar surface area (TPSA) is 60.8 Å². The number of anilines is 3. The molecule has 0 heterocycles. The van der Waals surface area contributed by atoms with Crippen LogP contribution in [-0.2, 0) is 10.7 Å². The third kappa shape index (κ3) is 4.12. The summed E-state index contributed by atoms with van der Waals surface area (Å²) in [4.78, 5) is 20.3. The van der Waals surface area contributed by atoms with Crippen LogP contribution < -0.4 is 4.90 Å². The first-order chi connectivity index (χ1) is 11.5. The molecule has 0 aliphatic rings. The third-order valence-electron chi connectivity index (χ3n) is 3.61. The molecule has 0 saturated carbocycles. The molecule has 0 spiro atoms. The summed E-state index contributed by atoms with van der Waals surface area (Å²) in [5, 5.41) is 0. The van der Waals surface area contributed by atoms with Gasteiger partial charge in [-0.25, -0.2) is 0 Å². The summed E-state index contributed by atoms with van der Waals surface area (Å²) in [6.07, 6.45) is -0.246. The zero-order chi connectivity index (χ0) is 17.0. The van der Waals surface area contributed by atoms with Crippen molar-refractivity contribution in [3.05, 3.63) is 90.5 Å². The molecule has 24 heavy (non-hydrogen) atoms. The van der Waals surface area contributed by atoms with Crippen molar-refractivity contribution in [2.75, 3.05) is 4.90 Å². The van der Waals surface area contributed by atoms with Gasteiger partial charge in [-0.1, -0.05) is 48.5 Å². The van der Waals surface area contributed by atoms with Crippen LogP contribution in [0.4, 0.5) is 17.1 Å². The van der Waals surface area contributed by atoms with Gasteiger partial charge in [0.2, 0.25) is 0 Å². The zero-order valence-corrected chi connectivity index (χ0v) is 13.9. The first-order valence-corrected chi connectivity index (χ1v) is 9.36. The highest BCUT2D eigenvalue weighted by molar-refractivity contribution is 7.50. The minimum atomic E-state index is -4.06. The molecule has 3 aromatic carbocycles. The fourth-order valence-electron chi connectivity index (χ4n) is 2.59. The van der Waals surface area contributed by atoms with Gasteiger partial charge in [0.15, 0.2) is 0 Å². The lowest BCUT2D eigenvalue weighted by Gasteiger charge is -2.25. The van der Waals surface area contributed by atoms with E-state index in [0.29, 0.717) is 5.56 Å². The van der Waals surface area contributed by atoms with Crippen molar-refractivity contribution >= 4 is 24.7 Å². The molecule has 0 radical (unpaired) electrons. The van der Waals surface area contributed by atoms with E-state index in [-0.39, 0.29) is 6.16 Å². The molecular weight excluding hydrogens is 321 g/mol. The number of hydrogen-bond acceptors (Lipinski definition) is 2. The highest BCUT2D eigenvalue weighted by atomic mass is 31.2. The molecule has 0 atom stereocenters. The zero-order valence-electron chi connectivity index (χ0n) is 13.0. The van der Waals surface area contributed by atoms with E-state index in [1.54, 1.807) is 12.1 Å². The van der Waals surface area contributed by atoms with Crippen molar-refractivity contribution in [1.82, 2.24) is 0 Å². The second-order valence-electron chi connectivity index (χ2n) is 5.50. The minimum absolute atomic E-state index is 0.246. The number of hydrogen-bond donors (Lipinski definition) is 2. The Hall–Kier alpha value is -2.39. The van der Waals surface area contributed by atoms with E-state index >= 15 is 0 Å². The standard InChI is InChI=1S/C19H18NO3P/c21-24(22,23)15-16-11-13-19(14-12-16)20(17-7-3-1-4-8-17)18-9-5-2-6-10-18/h1-14H,15H2,(H2,21,22,23). The first-order valence-electron chi connectivity index (χ1n) is 7.57. The Morgan fingerprint density at radius 3 is 1.50 bits per heavy atom. The second-order valence-corrected chi connectivity index (χ2v) is 7.14. The van der Waals surface area contributed by atoms with E-state index < -0.39 is 7.60 Å². The summed E-state index contributed by atoms with van der Waals surface area (Å²) in [6, 6.07) is 27.2. The van der Waals surface area contributed by atoms with Crippen LogP contribution in [-0.4, -0.2) is 9.79 Å². The molecule has 0 amide bonds. The van der Waals surface area contributed by atoms with Gasteiger partial charge in [-0.2, -0.15) is 0 Å². The summed E-state index contributed by atoms with van der Waals surface area (Å²) in [5.74, 6) is 0. The molecule has 0 aromatic heterocycles. The van der Waals surface area contributed by atoms with Crippen LogP contribution in [0.1, 0.15) is 5.56 Å². The van der Waals surface area contributed by atoms with Gasteiger partial charge in [-0.3, -0.25) is 4.57 Å². The van der Waals surface area contributed by atoms with Crippen molar-refractivity contribution in [3.8, 4) is 0 Å². The Labute approximate surface area is 141 Å². The molecule has 0 bridgehead atoms. The second kappa shape index (κ2) is 7.02. The number of para-hydroxylation sites is 2. The van der Waals surface area contributed by atoms with Crippen LogP contribution in [0.25, 0.3) is 0 Å². The SMILES string of the molecule is O=P(O)(O)Cc1ccc(N(c2ccccc2)c2ccccc2)cc1. The minimum Gasteiger partial charge on any atom is -0.324 e. The summed E-state index contributed by atoms with van der Waals surface area (Å²) in [6.45, 7) is 0. The third-order valence-corrected chi connectivity index (χ3v) is 4.39. The molecule has 0 unspecified atom stereocenters. The monoisotopic (exact) mass is 339 g/mol. The predicted molar refractivity (Wildman–Crippen MR) is 96.9 cm³/mol. The van der Waals surface area contributed by atoms with Gasteiger partial charge in [-0.05, 0) is 42.0 Å². The summed E-state index contributed by atoms with van der Waals surface area (Å²) in [7, 11) is -4.06. The molecule has 122 valence electrons. The predicted octanol–water partition coefficient (Wildman–Crippen LogP) is 4.83. The van der Waals surface area contributed by atoms with E-state index in [1.807, 2.05) is 72.8 Å². The molecule has 2 N–H and O–H groups in total. The first kappa shape index (κ1) is 16.5. The molecule has 0 saturated heterocycles. The van der Waals surface area contributed by atoms with Crippen LogP contribution in [0.15, 0.2) is 84.9 Å². The lowest BCUT2D eigenvalue weighted by molar-refractivity contribution is 0.371. The quantitative estimate of drug-likeness (QED) is 0.653. The Bertz CT molecular complexity index is 790. The van der Waals surface area contributed by atoms with E-state index in [2.05, 4.69) is 4.90 Å². The highest BCUT2D eigenvalue weighted by Crippen LogP contribution is 2.40. The van der Waals surface area contributed by atoms with Crippen LogP contribution in [0.3, 0.4) is 0 Å². The van der Waals surface area contributed by atoms with Gasteiger partial charge in [0.05, 0.1) is 6.16 Å². The van der Waals surface area contributed by atoms with Gasteiger partial charge in [-0.15, -0.1) is 0 Å². The summed E-state index contributed by atoms with van der Waals surface area (Å²) in [5.41, 5.74) is 3.59. The van der Waals surface area contributed by atoms with Crippen LogP contribution in [0.2, 0.25) is 0 Å². The molecule has 4 nitrogen and oxygen atoms in total. The van der Waals surface area contributed by atoms with E-state index in [0.717, 1.165) is 17.1 Å². The highest BCUT2D eigenvalue weighted by Gasteiger charge is 2.15. The van der Waals surface area contributed by atoms with Crippen molar-refractivity contribution in [1.29, 1.82) is 0 Å². The number of rotatable bonds is 5. The maximum absolute atomic E-state index is 11.1. The Morgan fingerprint density at radius 1 is 0.667 bits per heavy atom. The van der Waals surface area contributed by atoms with E-state index in [1.165, 1.54) is 0 Å². The van der Waals surface area contributed by atoms with Crippen LogP contribution in [0, 0.1) is 0 Å². The Kier molecular flexibility index (Phi) is 4.81. The molecule has 0 fully saturated rings. The fourth-order valence-corrected chi connectivity index (χ4v) is 3.28. The van der Waals surface area contributed by atoms with Crippen molar-refractivity contribution < 1.29 is 14.4 Å². The molecule has 0 aliphatic heterocycles. The largest absolute Gasteiger partial charge is 0.329 e. The summed E-state index contributed by atoms with van der Waals surface area (Å²) < 4.78 is 11.1. The summed E-state index contributed by atoms with van der Waals surface area (Å²) >= 11 is 0. The van der Waals surface area contributed by atoms with Gasteiger partial charge in [0.1, 0.15) is 0 Å². The van der Waals surface area contributed by atoms with Crippen LogP contribution >= 0.6 is 7.60 Å². The molecule has 5 heteroatoms. The number of benzene rings is 3. The lowest BCUT2D eigenvalue weighted by Crippen LogP contribution is -2.09. The average Bonchev–Trinajstić information content (AvgIpc) is 2.57. The van der Waals surface area contributed by atoms with Gasteiger partial charge < -0.3 is 14.7 Å². The molecule has 0 aliphatic carbocycles. The average molecular weight is 339 g/mol.